The lowest BCUT2D eigenvalue weighted by molar-refractivity contribution is 0.102. The van der Waals surface area contributed by atoms with E-state index in [0.717, 1.165) is 38.5 Å². The lowest BCUT2D eigenvalue weighted by Gasteiger charge is -2.19. The van der Waals surface area contributed by atoms with Crippen LogP contribution in [-0.4, -0.2) is 30.7 Å². The quantitative estimate of drug-likeness (QED) is 0.0692. The van der Waals surface area contributed by atoms with Crippen LogP contribution in [0.4, 0.5) is 5.69 Å². The number of hydrogen-bond donors (Lipinski definition) is 1. The number of carbonyl (C=O) groups excluding carboxylic acids is 1. The number of nitrogens with one attached hydrogen (secondary N) is 1. The summed E-state index contributed by atoms with van der Waals surface area (Å²) in [5.74, 6) is 1.64. The van der Waals surface area contributed by atoms with Crippen LogP contribution in [0.15, 0.2) is 36.7 Å². The molecule has 6 nitrogen and oxygen atoms in total. The minimum atomic E-state index is -0.211. The van der Waals surface area contributed by atoms with Gasteiger partial charge in [-0.1, -0.05) is 194 Å². The molecular weight excluding hydrogens is 669 g/mol. The highest BCUT2D eigenvalue weighted by atomic mass is 16.5. The fraction of sp³-hybridized carbons (Fsp3) is 0.750. The second kappa shape index (κ2) is 34.7. The Kier molecular flexibility index (Phi) is 30.5. The van der Waals surface area contributed by atoms with Crippen molar-refractivity contribution in [1.82, 2.24) is 4.98 Å². The lowest BCUT2D eigenvalue weighted by Crippen LogP contribution is -2.14. The number of aromatic nitrogens is 1. The molecule has 2 aromatic rings. The molecule has 1 amide bonds. The first-order valence-corrected chi connectivity index (χ1v) is 23.0. The Morgan fingerprint density at radius 2 is 0.852 bits per heavy atom. The molecule has 1 N–H and O–H groups in total. The zero-order valence-corrected chi connectivity index (χ0v) is 35.4. The Hall–Kier alpha value is -2.76. The van der Waals surface area contributed by atoms with E-state index in [9.17, 15) is 4.79 Å². The molecule has 1 aromatic carbocycles. The molecular formula is C48H82N2O4. The van der Waals surface area contributed by atoms with E-state index in [1.807, 2.05) is 24.3 Å². The Morgan fingerprint density at radius 1 is 0.500 bits per heavy atom. The van der Waals surface area contributed by atoms with Gasteiger partial charge in [0.1, 0.15) is 0 Å². The van der Waals surface area contributed by atoms with Gasteiger partial charge in [-0.05, 0) is 43.5 Å². The van der Waals surface area contributed by atoms with Crippen LogP contribution in [0, 0.1) is 0 Å². The van der Waals surface area contributed by atoms with Gasteiger partial charge in [-0.25, -0.2) is 0 Å². The number of nitrogens with zero attached hydrogens (tertiary/aromatic N) is 1. The molecule has 54 heavy (non-hydrogen) atoms. The molecule has 0 saturated carbocycles. The summed E-state index contributed by atoms with van der Waals surface area (Å²) in [7, 11) is 0. The summed E-state index contributed by atoms with van der Waals surface area (Å²) in [6.45, 7) is 8.63. The normalized spacial score (nSPS) is 11.2. The molecule has 6 heteroatoms. The van der Waals surface area contributed by atoms with Crippen LogP contribution >= 0.6 is 0 Å². The van der Waals surface area contributed by atoms with E-state index in [4.69, 9.17) is 14.2 Å². The molecule has 0 aliphatic heterocycles. The number of benzene rings is 1. The SMILES string of the molecule is CCCCCCCCCCCCOc1cc(C(=O)Nc2cccnc2)cc(OCCCCCCCCCCCC)c1OCCCCCCCCCCCC. The van der Waals surface area contributed by atoms with Gasteiger partial charge >= 0.3 is 0 Å². The number of hydrogen-bond acceptors (Lipinski definition) is 5. The first-order valence-electron chi connectivity index (χ1n) is 23.0. The van der Waals surface area contributed by atoms with Crippen molar-refractivity contribution in [3.63, 3.8) is 0 Å². The Morgan fingerprint density at radius 3 is 1.20 bits per heavy atom. The molecule has 0 fully saturated rings. The summed E-state index contributed by atoms with van der Waals surface area (Å²) in [5.41, 5.74) is 1.16. The third-order valence-electron chi connectivity index (χ3n) is 10.5. The molecule has 1 aromatic heterocycles. The van der Waals surface area contributed by atoms with E-state index in [-0.39, 0.29) is 5.91 Å². The van der Waals surface area contributed by atoms with Crippen molar-refractivity contribution in [3.8, 4) is 17.2 Å². The molecule has 0 aliphatic carbocycles. The summed E-state index contributed by atoms with van der Waals surface area (Å²) < 4.78 is 19.4. The maximum Gasteiger partial charge on any atom is 0.255 e. The first kappa shape index (κ1) is 47.4. The highest BCUT2D eigenvalue weighted by molar-refractivity contribution is 6.05. The highest BCUT2D eigenvalue weighted by Gasteiger charge is 2.19. The van der Waals surface area contributed by atoms with Gasteiger partial charge in [-0.2, -0.15) is 0 Å². The van der Waals surface area contributed by atoms with Crippen molar-refractivity contribution in [2.45, 2.75) is 213 Å². The Labute approximate surface area is 332 Å². The predicted octanol–water partition coefficient (Wildman–Crippen LogP) is 15.2. The van der Waals surface area contributed by atoms with Crippen molar-refractivity contribution >= 4 is 11.6 Å². The van der Waals surface area contributed by atoms with E-state index in [1.165, 1.54) is 154 Å². The molecule has 308 valence electrons. The molecule has 0 bridgehead atoms. The zero-order chi connectivity index (χ0) is 38.6. The minimum absolute atomic E-state index is 0.211. The van der Waals surface area contributed by atoms with Crippen LogP contribution in [0.5, 0.6) is 17.2 Å². The van der Waals surface area contributed by atoms with Gasteiger partial charge in [0.05, 0.1) is 31.7 Å². The van der Waals surface area contributed by atoms with Crippen molar-refractivity contribution in [2.75, 3.05) is 25.1 Å². The largest absolute Gasteiger partial charge is 0.490 e. The Bertz CT molecular complexity index is 1090. The third-order valence-corrected chi connectivity index (χ3v) is 10.5. The number of ether oxygens (including phenoxy) is 3. The number of anilines is 1. The van der Waals surface area contributed by atoms with Crippen LogP contribution in [0.3, 0.4) is 0 Å². The van der Waals surface area contributed by atoms with Crippen molar-refractivity contribution < 1.29 is 19.0 Å². The number of unbranched alkanes of at least 4 members (excludes halogenated alkanes) is 27. The average molecular weight is 751 g/mol. The number of pyridine rings is 1. The summed E-state index contributed by atoms with van der Waals surface area (Å²) in [5, 5.41) is 2.99. The van der Waals surface area contributed by atoms with Gasteiger partial charge in [-0.15, -0.1) is 0 Å². The zero-order valence-electron chi connectivity index (χ0n) is 35.4. The molecule has 1 heterocycles. The fourth-order valence-electron chi connectivity index (χ4n) is 7.01. The summed E-state index contributed by atoms with van der Waals surface area (Å²) >= 11 is 0. The molecule has 0 aliphatic rings. The van der Waals surface area contributed by atoms with Crippen LogP contribution in [0.2, 0.25) is 0 Å². The first-order chi connectivity index (χ1) is 26.7. The molecule has 0 atom stereocenters. The van der Waals surface area contributed by atoms with Crippen molar-refractivity contribution in [3.05, 3.63) is 42.2 Å². The van der Waals surface area contributed by atoms with E-state index in [2.05, 4.69) is 31.1 Å². The van der Waals surface area contributed by atoms with E-state index < -0.39 is 0 Å². The second-order valence-electron chi connectivity index (χ2n) is 15.6. The summed E-state index contributed by atoms with van der Waals surface area (Å²) in [6, 6.07) is 7.34. The summed E-state index contributed by atoms with van der Waals surface area (Å²) in [4.78, 5) is 17.7. The van der Waals surface area contributed by atoms with Gasteiger partial charge in [0.2, 0.25) is 5.75 Å². The Balaban J connectivity index is 2.02. The van der Waals surface area contributed by atoms with Gasteiger partial charge in [0.25, 0.3) is 5.91 Å². The van der Waals surface area contributed by atoms with E-state index in [1.54, 1.807) is 12.4 Å². The maximum absolute atomic E-state index is 13.5. The lowest BCUT2D eigenvalue weighted by atomic mass is 10.1. The molecule has 0 unspecified atom stereocenters. The standard InChI is InChI=1S/C48H82N2O4/c1-4-7-10-13-16-19-22-25-28-31-37-52-45-40-43(48(51)50-44-35-34-36-49-42-44)41-46(53-38-32-29-26-23-20-17-14-11-8-5-2)47(45)54-39-33-30-27-24-21-18-15-12-9-6-3/h34-36,40-42H,4-33,37-39H2,1-3H3,(H,50,51). The maximum atomic E-state index is 13.5. The number of rotatable bonds is 38. The summed E-state index contributed by atoms with van der Waals surface area (Å²) in [6.07, 6.45) is 41.7. The highest BCUT2D eigenvalue weighted by Crippen LogP contribution is 2.40. The monoisotopic (exact) mass is 751 g/mol. The van der Waals surface area contributed by atoms with Crippen LogP contribution in [0.1, 0.15) is 224 Å². The topological polar surface area (TPSA) is 69.7 Å². The number of carbonyl (C=O) groups is 1. The molecule has 0 saturated heterocycles. The predicted molar refractivity (Wildman–Crippen MR) is 231 cm³/mol. The van der Waals surface area contributed by atoms with Gasteiger partial charge < -0.3 is 19.5 Å². The third kappa shape index (κ3) is 24.6. The van der Waals surface area contributed by atoms with Crippen LogP contribution in [-0.2, 0) is 0 Å². The molecule has 0 spiro atoms. The fourth-order valence-corrected chi connectivity index (χ4v) is 7.01. The number of amides is 1. The van der Waals surface area contributed by atoms with Crippen molar-refractivity contribution in [2.24, 2.45) is 0 Å². The van der Waals surface area contributed by atoms with Crippen LogP contribution < -0.4 is 19.5 Å². The molecule has 0 radical (unpaired) electrons. The average Bonchev–Trinajstić information content (AvgIpc) is 3.18. The van der Waals surface area contributed by atoms with E-state index in [0.29, 0.717) is 48.3 Å². The minimum Gasteiger partial charge on any atom is -0.490 e. The van der Waals surface area contributed by atoms with Crippen LogP contribution in [0.25, 0.3) is 0 Å². The van der Waals surface area contributed by atoms with Gasteiger partial charge in [0.15, 0.2) is 11.5 Å². The van der Waals surface area contributed by atoms with Crippen molar-refractivity contribution in [1.29, 1.82) is 0 Å². The smallest absolute Gasteiger partial charge is 0.255 e. The van der Waals surface area contributed by atoms with Gasteiger partial charge in [-0.3, -0.25) is 9.78 Å². The van der Waals surface area contributed by atoms with Gasteiger partial charge in [0, 0.05) is 11.8 Å². The second-order valence-corrected chi connectivity index (χ2v) is 15.6. The molecule has 2 rings (SSSR count). The van der Waals surface area contributed by atoms with E-state index >= 15 is 0 Å².